The number of nitrogens with one attached hydrogen (secondary N) is 2. The van der Waals surface area contributed by atoms with Crippen molar-refractivity contribution in [2.75, 3.05) is 44.8 Å². The van der Waals surface area contributed by atoms with E-state index in [-0.39, 0.29) is 21.8 Å². The lowest BCUT2D eigenvalue weighted by Gasteiger charge is -2.30. The molecule has 0 saturated carbocycles. The maximum absolute atomic E-state index is 14.8. The van der Waals surface area contributed by atoms with Crippen LogP contribution in [0.5, 0.6) is 11.5 Å². The lowest BCUT2D eigenvalue weighted by molar-refractivity contribution is 0.0357. The van der Waals surface area contributed by atoms with Crippen molar-refractivity contribution in [1.82, 2.24) is 20.2 Å². The Hall–Kier alpha value is -2.43. The second-order valence-electron chi connectivity index (χ2n) is 10.4. The predicted octanol–water partition coefficient (Wildman–Crippen LogP) is 5.58. The Balaban J connectivity index is 1.26. The molecule has 208 valence electrons. The Morgan fingerprint density at radius 1 is 1.08 bits per heavy atom. The van der Waals surface area contributed by atoms with Crippen LogP contribution in [0.1, 0.15) is 32.1 Å². The monoisotopic (exact) mass is 575 g/mol. The van der Waals surface area contributed by atoms with Gasteiger partial charge in [0.15, 0.2) is 17.3 Å². The average molecular weight is 577 g/mol. The Kier molecular flexibility index (Phi) is 8.22. The number of aromatic nitrogens is 2. The summed E-state index contributed by atoms with van der Waals surface area (Å²) in [5.41, 5.74) is 0.833. The van der Waals surface area contributed by atoms with Crippen molar-refractivity contribution in [3.05, 3.63) is 46.5 Å². The molecule has 39 heavy (non-hydrogen) atoms. The van der Waals surface area contributed by atoms with E-state index in [1.54, 1.807) is 6.07 Å². The molecule has 1 aromatic heterocycles. The number of hydrogen-bond acceptors (Lipinski definition) is 8. The topological polar surface area (TPSA) is 80.8 Å². The van der Waals surface area contributed by atoms with Gasteiger partial charge >= 0.3 is 0 Å². The van der Waals surface area contributed by atoms with E-state index in [2.05, 4.69) is 25.5 Å². The smallest absolute Gasteiger partial charge is 0.166 e. The van der Waals surface area contributed by atoms with Crippen molar-refractivity contribution in [3.8, 4) is 11.5 Å². The molecule has 0 radical (unpaired) electrons. The lowest BCUT2D eigenvalue weighted by Crippen LogP contribution is -2.42. The fourth-order valence-corrected chi connectivity index (χ4v) is 6.01. The van der Waals surface area contributed by atoms with Crippen LogP contribution in [-0.4, -0.2) is 72.5 Å². The van der Waals surface area contributed by atoms with Gasteiger partial charge in [0.1, 0.15) is 18.2 Å². The van der Waals surface area contributed by atoms with Crippen molar-refractivity contribution in [2.45, 2.75) is 50.3 Å². The van der Waals surface area contributed by atoms with Crippen molar-refractivity contribution < 1.29 is 18.6 Å². The third-order valence-corrected chi connectivity index (χ3v) is 8.47. The molecule has 11 heteroatoms. The maximum Gasteiger partial charge on any atom is 0.166 e. The van der Waals surface area contributed by atoms with Gasteiger partial charge in [0.25, 0.3) is 0 Å². The predicted molar refractivity (Wildman–Crippen MR) is 150 cm³/mol. The van der Waals surface area contributed by atoms with Crippen molar-refractivity contribution in [2.24, 2.45) is 0 Å². The molecular formula is C28H32Cl2FN5O3. The van der Waals surface area contributed by atoms with E-state index in [1.165, 1.54) is 25.2 Å². The van der Waals surface area contributed by atoms with Crippen LogP contribution in [0.2, 0.25) is 10.0 Å². The second-order valence-corrected chi connectivity index (χ2v) is 11.2. The number of ether oxygens (including phenoxy) is 3. The van der Waals surface area contributed by atoms with E-state index < -0.39 is 5.82 Å². The highest BCUT2D eigenvalue weighted by molar-refractivity contribution is 6.42. The molecule has 3 atom stereocenters. The molecule has 2 aromatic carbocycles. The quantitative estimate of drug-likeness (QED) is 0.253. The average Bonchev–Trinajstić information content (AvgIpc) is 3.29. The van der Waals surface area contributed by atoms with E-state index in [4.69, 9.17) is 37.4 Å². The fourth-order valence-electron chi connectivity index (χ4n) is 5.69. The molecule has 3 fully saturated rings. The van der Waals surface area contributed by atoms with Crippen LogP contribution in [-0.2, 0) is 4.74 Å². The third kappa shape index (κ3) is 6.18. The summed E-state index contributed by atoms with van der Waals surface area (Å²) in [6.07, 6.45) is 6.70. The first-order chi connectivity index (χ1) is 19.0. The Morgan fingerprint density at radius 2 is 1.87 bits per heavy atom. The summed E-state index contributed by atoms with van der Waals surface area (Å²) in [4.78, 5) is 11.2. The second kappa shape index (κ2) is 12.0. The molecular weight excluding hydrogens is 544 g/mol. The largest absolute Gasteiger partial charge is 0.490 e. The number of benzene rings is 2. The van der Waals surface area contributed by atoms with Gasteiger partial charge in [0.05, 0.1) is 41.1 Å². The van der Waals surface area contributed by atoms with E-state index in [9.17, 15) is 4.39 Å². The molecule has 0 amide bonds. The molecule has 0 unspecified atom stereocenters. The lowest BCUT2D eigenvalue weighted by atomic mass is 10.0. The van der Waals surface area contributed by atoms with Gasteiger partial charge in [-0.25, -0.2) is 14.4 Å². The molecule has 3 aromatic rings. The van der Waals surface area contributed by atoms with Gasteiger partial charge in [-0.3, -0.25) is 4.90 Å². The Labute approximate surface area is 237 Å². The van der Waals surface area contributed by atoms with Gasteiger partial charge in [-0.2, -0.15) is 0 Å². The summed E-state index contributed by atoms with van der Waals surface area (Å²) < 4.78 is 33.1. The molecule has 3 aliphatic rings. The summed E-state index contributed by atoms with van der Waals surface area (Å²) in [6.45, 7) is 4.98. The van der Waals surface area contributed by atoms with Gasteiger partial charge in [-0.15, -0.1) is 0 Å². The van der Waals surface area contributed by atoms with E-state index >= 15 is 0 Å². The minimum atomic E-state index is -0.641. The zero-order valence-corrected chi connectivity index (χ0v) is 23.1. The highest BCUT2D eigenvalue weighted by atomic mass is 35.5. The van der Waals surface area contributed by atoms with Crippen molar-refractivity contribution in [1.29, 1.82) is 0 Å². The zero-order chi connectivity index (χ0) is 26.8. The number of morpholine rings is 1. The van der Waals surface area contributed by atoms with Crippen LogP contribution in [0.15, 0.2) is 30.6 Å². The standard InChI is InChI=1S/C28H32Cl2FN5O3/c29-21-4-5-22(27(31)26(21)30)35-28-20-14-25(39-19-12-17-2-3-18(13-19)34-17)24(15-23(20)32-16-33-28)38-9-1-6-36-7-10-37-11-8-36/h4-5,14-19,34H,1-3,6-13H2,(H,32,33,35)/t17-,18+,19-. The Morgan fingerprint density at radius 3 is 2.67 bits per heavy atom. The first-order valence-electron chi connectivity index (χ1n) is 13.6. The first kappa shape index (κ1) is 26.8. The summed E-state index contributed by atoms with van der Waals surface area (Å²) >= 11 is 12.0. The normalized spacial score (nSPS) is 23.2. The van der Waals surface area contributed by atoms with Crippen molar-refractivity contribution in [3.63, 3.8) is 0 Å². The van der Waals surface area contributed by atoms with Crippen LogP contribution in [0.4, 0.5) is 15.9 Å². The summed E-state index contributed by atoms with van der Waals surface area (Å²) in [7, 11) is 0. The molecule has 8 nitrogen and oxygen atoms in total. The molecule has 3 saturated heterocycles. The van der Waals surface area contributed by atoms with Crippen LogP contribution < -0.4 is 20.1 Å². The van der Waals surface area contributed by atoms with E-state index in [0.717, 1.165) is 52.1 Å². The molecule has 3 aliphatic heterocycles. The summed E-state index contributed by atoms with van der Waals surface area (Å²) in [5.74, 6) is 1.09. The van der Waals surface area contributed by atoms with E-state index in [1.807, 2.05) is 12.1 Å². The van der Waals surface area contributed by atoms with Gasteiger partial charge in [0.2, 0.25) is 0 Å². The van der Waals surface area contributed by atoms with Gasteiger partial charge in [-0.05, 0) is 50.3 Å². The molecule has 0 aliphatic carbocycles. The van der Waals surface area contributed by atoms with Gasteiger partial charge in [0, 0.05) is 43.2 Å². The minimum Gasteiger partial charge on any atom is -0.490 e. The Bertz CT molecular complexity index is 1310. The number of nitrogens with zero attached hydrogens (tertiary/aromatic N) is 3. The molecule has 0 spiro atoms. The van der Waals surface area contributed by atoms with Crippen molar-refractivity contribution >= 4 is 45.6 Å². The summed E-state index contributed by atoms with van der Waals surface area (Å²) in [6, 6.07) is 7.84. The maximum atomic E-state index is 14.8. The van der Waals surface area contributed by atoms with Crippen LogP contribution in [0.25, 0.3) is 10.9 Å². The number of halogens is 3. The van der Waals surface area contributed by atoms with Gasteiger partial charge in [-0.1, -0.05) is 23.2 Å². The first-order valence-corrected chi connectivity index (χ1v) is 14.3. The highest BCUT2D eigenvalue weighted by Crippen LogP contribution is 2.39. The third-order valence-electron chi connectivity index (χ3n) is 7.69. The molecule has 2 bridgehead atoms. The fraction of sp³-hybridized carbons (Fsp3) is 0.500. The minimum absolute atomic E-state index is 0.0884. The highest BCUT2D eigenvalue weighted by Gasteiger charge is 2.35. The number of fused-ring (bicyclic) bond motifs is 3. The molecule has 2 N–H and O–H groups in total. The number of hydrogen-bond donors (Lipinski definition) is 2. The van der Waals surface area contributed by atoms with Crippen LogP contribution in [0, 0.1) is 5.82 Å². The number of anilines is 2. The zero-order valence-electron chi connectivity index (χ0n) is 21.6. The molecule has 6 rings (SSSR count). The van der Waals surface area contributed by atoms with Crippen LogP contribution in [0.3, 0.4) is 0 Å². The number of rotatable bonds is 9. The van der Waals surface area contributed by atoms with Crippen LogP contribution >= 0.6 is 23.2 Å². The van der Waals surface area contributed by atoms with Gasteiger partial charge < -0.3 is 24.8 Å². The molecule has 4 heterocycles. The number of piperidine rings is 1. The SMILES string of the molecule is Fc1c(Nc2ncnc3cc(OCCCN4CCOCC4)c(O[C@@H]4C[C@H]5CC[C@@H](C4)N5)cc23)ccc(Cl)c1Cl. The van der Waals surface area contributed by atoms with E-state index in [0.29, 0.717) is 46.9 Å². The summed E-state index contributed by atoms with van der Waals surface area (Å²) in [5, 5.41) is 7.41.